The van der Waals surface area contributed by atoms with E-state index < -0.39 is 6.10 Å². The molecule has 0 spiro atoms. The van der Waals surface area contributed by atoms with Crippen LogP contribution >= 0.6 is 0 Å². The van der Waals surface area contributed by atoms with Crippen LogP contribution in [0.1, 0.15) is 61.4 Å². The molecule has 180 valence electrons. The number of aliphatic hydroxyl groups excluding tert-OH is 1. The Morgan fingerprint density at radius 3 is 2.62 bits per heavy atom. The van der Waals surface area contributed by atoms with E-state index in [-0.39, 0.29) is 5.54 Å². The number of nitrogens with one attached hydrogen (secondary N) is 1. The lowest BCUT2D eigenvalue weighted by molar-refractivity contribution is -0.00214. The third-order valence-corrected chi connectivity index (χ3v) is 8.20. The Labute approximate surface area is 200 Å². The Morgan fingerprint density at radius 1 is 1.12 bits per heavy atom. The number of hydrogen-bond donors (Lipinski definition) is 2. The molecule has 6 rings (SSSR count). The summed E-state index contributed by atoms with van der Waals surface area (Å²) in [5.41, 5.74) is 5.49. The van der Waals surface area contributed by atoms with Crippen LogP contribution in [0.5, 0.6) is 0 Å². The number of likely N-dealkylation sites (tertiary alicyclic amines) is 1. The molecule has 2 saturated heterocycles. The van der Waals surface area contributed by atoms with E-state index in [2.05, 4.69) is 57.9 Å². The number of benzene rings is 1. The van der Waals surface area contributed by atoms with Gasteiger partial charge in [0.2, 0.25) is 5.95 Å². The summed E-state index contributed by atoms with van der Waals surface area (Å²) in [5.74, 6) is 1.10. The predicted octanol–water partition coefficient (Wildman–Crippen LogP) is 3.85. The van der Waals surface area contributed by atoms with Crippen molar-refractivity contribution >= 4 is 22.5 Å². The van der Waals surface area contributed by atoms with Gasteiger partial charge in [-0.25, -0.2) is 9.97 Å². The molecule has 4 heterocycles. The lowest BCUT2D eigenvalue weighted by atomic mass is 9.84. The van der Waals surface area contributed by atoms with Crippen molar-refractivity contribution in [2.75, 3.05) is 31.6 Å². The number of anilines is 2. The van der Waals surface area contributed by atoms with Crippen molar-refractivity contribution in [1.29, 1.82) is 0 Å². The molecule has 1 aromatic carbocycles. The normalized spacial score (nSPS) is 26.4. The molecule has 3 aliphatic rings. The van der Waals surface area contributed by atoms with Crippen LogP contribution in [0.4, 0.5) is 11.6 Å². The zero-order valence-electron chi connectivity index (χ0n) is 20.3. The number of hydrogen-bond acceptors (Lipinski definition) is 7. The molecule has 1 unspecified atom stereocenters. The Balaban J connectivity index is 1.21. The summed E-state index contributed by atoms with van der Waals surface area (Å²) >= 11 is 0. The van der Waals surface area contributed by atoms with Crippen molar-refractivity contribution < 1.29 is 9.84 Å². The fraction of sp³-hybridized carbons (Fsp3) is 0.577. The standard InChI is InChI=1S/C26H34N6O2/c1-16-10-19-12-27-25(30-23-13-28-32(17(23)2)20-4-5-20)29-22(19)11-21(16)18-6-8-31(9-7-18)26(3)15-34-14-24(26)33/h10-13,18,20,24,33H,4-9,14-15H2,1-3H3,(H,27,29,30)/t24-,26?/m0/s1. The number of aliphatic hydroxyl groups is 1. The van der Waals surface area contributed by atoms with E-state index in [0.29, 0.717) is 31.1 Å². The first kappa shape index (κ1) is 21.9. The first-order valence-electron chi connectivity index (χ1n) is 12.5. The van der Waals surface area contributed by atoms with Crippen LogP contribution in [0.25, 0.3) is 10.9 Å². The first-order valence-corrected chi connectivity index (χ1v) is 12.5. The van der Waals surface area contributed by atoms with E-state index in [4.69, 9.17) is 9.72 Å². The zero-order chi connectivity index (χ0) is 23.4. The maximum atomic E-state index is 10.4. The van der Waals surface area contributed by atoms with Crippen molar-refractivity contribution in [2.24, 2.45) is 0 Å². The lowest BCUT2D eigenvalue weighted by Crippen LogP contribution is -2.56. The molecule has 3 fully saturated rings. The molecular weight excluding hydrogens is 428 g/mol. The van der Waals surface area contributed by atoms with Crippen LogP contribution in [0.3, 0.4) is 0 Å². The van der Waals surface area contributed by atoms with Crippen LogP contribution in [0.2, 0.25) is 0 Å². The molecule has 8 nitrogen and oxygen atoms in total. The number of nitrogens with zero attached hydrogens (tertiary/aromatic N) is 5. The van der Waals surface area contributed by atoms with Crippen molar-refractivity contribution in [2.45, 2.75) is 70.1 Å². The number of rotatable bonds is 5. The van der Waals surface area contributed by atoms with Crippen molar-refractivity contribution in [3.05, 3.63) is 41.3 Å². The van der Waals surface area contributed by atoms with Gasteiger partial charge in [-0.1, -0.05) is 0 Å². The summed E-state index contributed by atoms with van der Waals surface area (Å²) in [6.07, 6.45) is 7.95. The number of aryl methyl sites for hydroxylation is 1. The third-order valence-electron chi connectivity index (χ3n) is 8.20. The van der Waals surface area contributed by atoms with Crippen LogP contribution in [0.15, 0.2) is 24.5 Å². The zero-order valence-corrected chi connectivity index (χ0v) is 20.3. The number of piperidine rings is 1. The minimum atomic E-state index is -0.408. The summed E-state index contributed by atoms with van der Waals surface area (Å²) in [7, 11) is 0. The SMILES string of the molecule is Cc1cc2cnc(Nc3cnn(C4CC4)c3C)nc2cc1C1CCN(C2(C)COC[C@@H]2O)CC1. The van der Waals surface area contributed by atoms with E-state index in [9.17, 15) is 5.11 Å². The van der Waals surface area contributed by atoms with Crippen LogP contribution in [0, 0.1) is 13.8 Å². The van der Waals surface area contributed by atoms with E-state index in [1.165, 1.54) is 24.0 Å². The second-order valence-corrected chi connectivity index (χ2v) is 10.6. The van der Waals surface area contributed by atoms with Crippen LogP contribution < -0.4 is 5.32 Å². The summed E-state index contributed by atoms with van der Waals surface area (Å²) in [5, 5.41) is 19.4. The van der Waals surface area contributed by atoms with Gasteiger partial charge in [-0.05, 0) is 88.7 Å². The number of fused-ring (bicyclic) bond motifs is 1. The molecule has 2 aliphatic heterocycles. The fourth-order valence-corrected chi connectivity index (χ4v) is 5.72. The largest absolute Gasteiger partial charge is 0.389 e. The third kappa shape index (κ3) is 3.78. The van der Waals surface area contributed by atoms with Crippen LogP contribution in [-0.4, -0.2) is 67.7 Å². The molecule has 0 amide bonds. The molecule has 34 heavy (non-hydrogen) atoms. The summed E-state index contributed by atoms with van der Waals surface area (Å²) in [6, 6.07) is 5.03. The molecule has 0 bridgehead atoms. The second-order valence-electron chi connectivity index (χ2n) is 10.6. The average Bonchev–Trinajstić information content (AvgIpc) is 3.54. The highest BCUT2D eigenvalue weighted by Gasteiger charge is 2.45. The van der Waals surface area contributed by atoms with E-state index >= 15 is 0 Å². The van der Waals surface area contributed by atoms with Gasteiger partial charge in [-0.2, -0.15) is 5.10 Å². The molecule has 2 atom stereocenters. The summed E-state index contributed by atoms with van der Waals surface area (Å²) in [6.45, 7) is 9.42. The minimum Gasteiger partial charge on any atom is -0.389 e. The smallest absolute Gasteiger partial charge is 0.227 e. The quantitative estimate of drug-likeness (QED) is 0.595. The van der Waals surface area contributed by atoms with Gasteiger partial charge in [0.25, 0.3) is 0 Å². The average molecular weight is 463 g/mol. The van der Waals surface area contributed by atoms with Crippen LogP contribution in [-0.2, 0) is 4.74 Å². The predicted molar refractivity (Wildman–Crippen MR) is 132 cm³/mol. The topological polar surface area (TPSA) is 88.3 Å². The molecule has 2 N–H and O–H groups in total. The van der Waals surface area contributed by atoms with Crippen molar-refractivity contribution in [3.63, 3.8) is 0 Å². The van der Waals surface area contributed by atoms with E-state index in [1.807, 2.05) is 12.4 Å². The number of ether oxygens (including phenoxy) is 1. The molecular formula is C26H34N6O2. The van der Waals surface area contributed by atoms with Gasteiger partial charge in [-0.3, -0.25) is 9.58 Å². The Bertz CT molecular complexity index is 1210. The highest BCUT2D eigenvalue weighted by atomic mass is 16.5. The first-order chi connectivity index (χ1) is 16.4. The second kappa shape index (κ2) is 8.29. The highest BCUT2D eigenvalue weighted by molar-refractivity contribution is 5.81. The molecule has 1 aliphatic carbocycles. The maximum Gasteiger partial charge on any atom is 0.227 e. The lowest BCUT2D eigenvalue weighted by Gasteiger charge is -2.43. The maximum absolute atomic E-state index is 10.4. The summed E-state index contributed by atoms with van der Waals surface area (Å²) in [4.78, 5) is 11.8. The highest BCUT2D eigenvalue weighted by Crippen LogP contribution is 2.38. The number of aromatic nitrogens is 4. The van der Waals surface area contributed by atoms with Gasteiger partial charge in [0.05, 0.1) is 54.0 Å². The Kier molecular flexibility index (Phi) is 5.35. The van der Waals surface area contributed by atoms with Gasteiger partial charge < -0.3 is 15.2 Å². The van der Waals surface area contributed by atoms with Gasteiger partial charge in [0.1, 0.15) is 0 Å². The molecule has 0 radical (unpaired) electrons. The Morgan fingerprint density at radius 2 is 1.91 bits per heavy atom. The van der Waals surface area contributed by atoms with E-state index in [1.54, 1.807) is 0 Å². The van der Waals surface area contributed by atoms with Gasteiger partial charge in [0, 0.05) is 11.6 Å². The van der Waals surface area contributed by atoms with Gasteiger partial charge >= 0.3 is 0 Å². The molecule has 8 heteroatoms. The monoisotopic (exact) mass is 462 g/mol. The molecule has 3 aromatic rings. The minimum absolute atomic E-state index is 0.261. The van der Waals surface area contributed by atoms with Gasteiger partial charge in [-0.15, -0.1) is 0 Å². The Hall–Kier alpha value is -2.55. The van der Waals surface area contributed by atoms with E-state index in [0.717, 1.165) is 48.2 Å². The van der Waals surface area contributed by atoms with Crippen molar-refractivity contribution in [1.82, 2.24) is 24.6 Å². The van der Waals surface area contributed by atoms with Gasteiger partial charge in [0.15, 0.2) is 0 Å². The molecule has 2 aromatic heterocycles. The fourth-order valence-electron chi connectivity index (χ4n) is 5.72. The summed E-state index contributed by atoms with van der Waals surface area (Å²) < 4.78 is 7.67. The molecule has 1 saturated carbocycles. The van der Waals surface area contributed by atoms with Crippen molar-refractivity contribution in [3.8, 4) is 0 Å².